The summed E-state index contributed by atoms with van der Waals surface area (Å²) in [6, 6.07) is -0.631. The molecule has 0 rings (SSSR count). The van der Waals surface area contributed by atoms with Crippen molar-refractivity contribution in [2.24, 2.45) is 0 Å². The summed E-state index contributed by atoms with van der Waals surface area (Å²) in [5.41, 5.74) is 0. The third kappa shape index (κ3) is 45.4. The lowest BCUT2D eigenvalue weighted by atomic mass is 10.0. The third-order valence-electron chi connectivity index (χ3n) is 11.4. The lowest BCUT2D eigenvalue weighted by Gasteiger charge is -2.31. The highest BCUT2D eigenvalue weighted by Gasteiger charge is 2.31. The molecule has 0 amide bonds. The van der Waals surface area contributed by atoms with E-state index in [1.165, 1.54) is 116 Å². The van der Waals surface area contributed by atoms with E-state index in [1.807, 2.05) is 94.1 Å². The van der Waals surface area contributed by atoms with E-state index in [1.54, 1.807) is 0 Å². The van der Waals surface area contributed by atoms with Crippen molar-refractivity contribution in [1.29, 1.82) is 0 Å². The minimum absolute atomic E-state index is 0.0351. The van der Waals surface area contributed by atoms with Crippen LogP contribution in [0.1, 0.15) is 200 Å². The fourth-order valence-electron chi connectivity index (χ4n) is 7.36. The van der Waals surface area contributed by atoms with Crippen molar-refractivity contribution in [2.75, 3.05) is 41.0 Å². The minimum atomic E-state index is -0.887. The Balaban J connectivity index is 4.32. The predicted molar refractivity (Wildman–Crippen MR) is 279 cm³/mol. The Hall–Kier alpha value is -3.75. The number of ether oxygens (including phenoxy) is 3. The molecular weight excluding hydrogens is 823 g/mol. The van der Waals surface area contributed by atoms with Crippen LogP contribution >= 0.6 is 0 Å². The zero-order chi connectivity index (χ0) is 48.4. The van der Waals surface area contributed by atoms with Gasteiger partial charge in [0.2, 0.25) is 0 Å². The van der Waals surface area contributed by atoms with E-state index in [4.69, 9.17) is 14.2 Å². The minimum Gasteiger partial charge on any atom is -0.477 e. The van der Waals surface area contributed by atoms with Gasteiger partial charge < -0.3 is 23.8 Å². The van der Waals surface area contributed by atoms with Gasteiger partial charge in [-0.2, -0.15) is 0 Å². The van der Waals surface area contributed by atoms with Gasteiger partial charge in [-0.3, -0.25) is 9.59 Å². The third-order valence-corrected chi connectivity index (χ3v) is 11.4. The summed E-state index contributed by atoms with van der Waals surface area (Å²) >= 11 is 0. The second-order valence-corrected chi connectivity index (χ2v) is 18.6. The van der Waals surface area contributed by atoms with Crippen LogP contribution in [-0.4, -0.2) is 80.6 Å². The van der Waals surface area contributed by atoms with Gasteiger partial charge in [-0.05, 0) is 57.8 Å². The smallest absolute Gasteiger partial charge is 0.362 e. The van der Waals surface area contributed by atoms with Crippen molar-refractivity contribution in [2.45, 2.75) is 212 Å². The Morgan fingerprint density at radius 3 is 1.32 bits per heavy atom. The van der Waals surface area contributed by atoms with E-state index in [0.29, 0.717) is 19.3 Å². The highest BCUT2D eigenvalue weighted by Crippen LogP contribution is 2.15. The molecule has 0 aromatic rings. The molecule has 2 unspecified atom stereocenters. The van der Waals surface area contributed by atoms with E-state index >= 15 is 0 Å². The number of hydrogen-bond donors (Lipinski definition) is 1. The Labute approximate surface area is 405 Å². The van der Waals surface area contributed by atoms with Crippen LogP contribution in [0.5, 0.6) is 0 Å². The number of carbonyl (C=O) groups excluding carboxylic acids is 2. The molecule has 0 saturated heterocycles. The fourth-order valence-corrected chi connectivity index (χ4v) is 7.36. The van der Waals surface area contributed by atoms with Crippen LogP contribution in [0.4, 0.5) is 0 Å². The first-order valence-corrected chi connectivity index (χ1v) is 26.4. The normalized spacial score (nSPS) is 13.7. The zero-order valence-corrected chi connectivity index (χ0v) is 42.9. The van der Waals surface area contributed by atoms with Gasteiger partial charge in [0.15, 0.2) is 12.1 Å². The van der Waals surface area contributed by atoms with Crippen LogP contribution in [-0.2, 0) is 28.6 Å². The number of unbranched alkanes of at least 4 members (excludes halogenated alkanes) is 22. The molecule has 0 aliphatic carbocycles. The maximum absolute atomic E-state index is 12.8. The van der Waals surface area contributed by atoms with E-state index < -0.39 is 18.1 Å². The molecule has 2 atom stereocenters. The second kappa shape index (κ2) is 47.7. The van der Waals surface area contributed by atoms with Crippen LogP contribution in [0.2, 0.25) is 0 Å². The first kappa shape index (κ1) is 62.2. The first-order valence-electron chi connectivity index (χ1n) is 26.4. The number of likely N-dealkylation sites (N-methyl/N-ethyl adjacent to an activating group) is 1. The molecule has 8 heteroatoms. The number of rotatable bonds is 46. The van der Waals surface area contributed by atoms with Crippen molar-refractivity contribution >= 4 is 17.9 Å². The molecule has 0 aliphatic rings. The van der Waals surface area contributed by atoms with Gasteiger partial charge in [-0.1, -0.05) is 220 Å². The lowest BCUT2D eigenvalue weighted by molar-refractivity contribution is -0.887. The molecule has 0 spiro atoms. The molecule has 0 heterocycles. The maximum Gasteiger partial charge on any atom is 0.362 e. The number of aliphatic carboxylic acids is 1. The van der Waals surface area contributed by atoms with Crippen molar-refractivity contribution in [3.05, 3.63) is 97.2 Å². The highest BCUT2D eigenvalue weighted by molar-refractivity contribution is 5.72. The van der Waals surface area contributed by atoms with Gasteiger partial charge in [0.25, 0.3) is 0 Å². The molecule has 0 radical (unpaired) electrons. The molecule has 8 nitrogen and oxygen atoms in total. The van der Waals surface area contributed by atoms with Crippen LogP contribution in [0.25, 0.3) is 0 Å². The van der Waals surface area contributed by atoms with E-state index in [2.05, 4.69) is 38.2 Å². The van der Waals surface area contributed by atoms with E-state index in [-0.39, 0.29) is 42.7 Å². The van der Waals surface area contributed by atoms with Crippen LogP contribution in [0, 0.1) is 0 Å². The molecule has 0 fully saturated rings. The second-order valence-electron chi connectivity index (χ2n) is 18.6. The van der Waals surface area contributed by atoms with Crippen LogP contribution < -0.4 is 0 Å². The van der Waals surface area contributed by atoms with Gasteiger partial charge in [0.1, 0.15) is 6.61 Å². The van der Waals surface area contributed by atoms with Gasteiger partial charge in [0, 0.05) is 19.3 Å². The summed E-state index contributed by atoms with van der Waals surface area (Å²) in [4.78, 5) is 37.2. The summed E-state index contributed by atoms with van der Waals surface area (Å²) in [5, 5.41) is 9.66. The zero-order valence-electron chi connectivity index (χ0n) is 42.9. The Bertz CT molecular complexity index is 1400. The number of carboxylic acids is 1. The summed E-state index contributed by atoms with van der Waals surface area (Å²) < 4.78 is 17.3. The molecule has 0 bridgehead atoms. The highest BCUT2D eigenvalue weighted by atomic mass is 16.6. The summed E-state index contributed by atoms with van der Waals surface area (Å²) in [6.07, 6.45) is 64.6. The van der Waals surface area contributed by atoms with Crippen molar-refractivity contribution < 1.29 is 38.2 Å². The molecule has 376 valence electrons. The Kier molecular flexibility index (Phi) is 45.0. The fraction of sp³-hybridized carbons (Fsp3) is 0.672. The van der Waals surface area contributed by atoms with Crippen molar-refractivity contribution in [3.63, 3.8) is 0 Å². The summed E-state index contributed by atoms with van der Waals surface area (Å²) in [7, 11) is 5.51. The van der Waals surface area contributed by atoms with Crippen LogP contribution in [0.3, 0.4) is 0 Å². The van der Waals surface area contributed by atoms with Crippen LogP contribution in [0.15, 0.2) is 97.2 Å². The number of carboxylic acid groups (broad SMARTS) is 1. The predicted octanol–water partition coefficient (Wildman–Crippen LogP) is 15.4. The van der Waals surface area contributed by atoms with E-state index in [0.717, 1.165) is 44.9 Å². The number of nitrogens with zero attached hydrogens (tertiary/aromatic N) is 1. The quantitative estimate of drug-likeness (QED) is 0.0213. The largest absolute Gasteiger partial charge is 0.477 e. The lowest BCUT2D eigenvalue weighted by Crippen LogP contribution is -2.50. The topological polar surface area (TPSA) is 99.1 Å². The number of esters is 2. The summed E-state index contributed by atoms with van der Waals surface area (Å²) in [5.74, 6) is -1.54. The van der Waals surface area contributed by atoms with E-state index in [9.17, 15) is 19.5 Å². The van der Waals surface area contributed by atoms with Crippen molar-refractivity contribution in [3.8, 4) is 0 Å². The standard InChI is InChI=1S/C58H97NO7/c1-6-8-10-12-14-16-18-20-22-24-26-27-28-29-31-32-34-36-38-40-42-44-46-48-56(60)65-53-54(52-64-51-50-55(58(62)63)59(3,4)5)66-57(61)49-47-45-43-41-39-37-35-33-30-25-23-21-19-17-15-13-11-9-7-2/h9,11,13,15,17,19,21,23,25,29-31,33,35,37,39,54-55H,6-8,10,12,14,16,18,20,22,24,26-28,32,34,36,38,40-53H2,1-5H3/p+1/b11-9+,15-13+,19-17+,23-21+,30-25+,31-29+,35-33+,39-37+. The Morgan fingerprint density at radius 2 is 0.864 bits per heavy atom. The summed E-state index contributed by atoms with van der Waals surface area (Å²) in [6.45, 7) is 4.54. The van der Waals surface area contributed by atoms with Gasteiger partial charge in [-0.25, -0.2) is 4.79 Å². The maximum atomic E-state index is 12.8. The molecular formula is C58H98NO7+. The monoisotopic (exact) mass is 921 g/mol. The van der Waals surface area contributed by atoms with Crippen molar-refractivity contribution in [1.82, 2.24) is 0 Å². The van der Waals surface area contributed by atoms with Gasteiger partial charge in [-0.15, -0.1) is 0 Å². The van der Waals surface area contributed by atoms with Gasteiger partial charge >= 0.3 is 17.9 Å². The number of quaternary nitrogens is 1. The SMILES string of the molecule is CC/C=C/C=C/C=C/C=C/C=C/C=C/C=C/CCCCCC(=O)OC(COCCC(C(=O)O)[N+](C)(C)C)COC(=O)CCCCCCCCC/C=C/CCCCCCCCCCCCCC. The molecule has 0 saturated carbocycles. The number of allylic oxidation sites excluding steroid dienone is 16. The molecule has 66 heavy (non-hydrogen) atoms. The first-order chi connectivity index (χ1) is 32.1. The molecule has 0 aromatic carbocycles. The molecule has 1 N–H and O–H groups in total. The molecule has 0 aliphatic heterocycles. The number of hydrogen-bond acceptors (Lipinski definition) is 6. The van der Waals surface area contributed by atoms with Gasteiger partial charge in [0.05, 0.1) is 34.4 Å². The average Bonchev–Trinajstić information content (AvgIpc) is 3.28. The Morgan fingerprint density at radius 1 is 0.470 bits per heavy atom. The molecule has 0 aromatic heterocycles. The average molecular weight is 921 g/mol. The number of carbonyl (C=O) groups is 3.